The summed E-state index contributed by atoms with van der Waals surface area (Å²) in [7, 11) is 0. The topological polar surface area (TPSA) is 57.2 Å². The number of fused-ring (bicyclic) bond motifs is 1. The van der Waals surface area contributed by atoms with Gasteiger partial charge < -0.3 is 5.11 Å². The van der Waals surface area contributed by atoms with Crippen molar-refractivity contribution in [3.63, 3.8) is 0 Å². The van der Waals surface area contributed by atoms with Crippen LogP contribution in [0.15, 0.2) is 60.2 Å². The molecule has 0 amide bonds. The van der Waals surface area contributed by atoms with Crippen LogP contribution in [0.2, 0.25) is 5.02 Å². The van der Waals surface area contributed by atoms with Gasteiger partial charge in [-0.25, -0.2) is 0 Å². The van der Waals surface area contributed by atoms with E-state index in [-0.39, 0.29) is 46.3 Å². The maximum absolute atomic E-state index is 12.2. The minimum absolute atomic E-state index is 0. The van der Waals surface area contributed by atoms with Crippen LogP contribution in [0.5, 0.6) is 0 Å². The number of carbonyl (C=O) groups is 2. The van der Waals surface area contributed by atoms with Crippen molar-refractivity contribution in [3.05, 3.63) is 81.9 Å². The van der Waals surface area contributed by atoms with Crippen molar-refractivity contribution in [2.45, 2.75) is 0 Å². The minimum atomic E-state index is -0.582. The fraction of sp³-hybridized carbons (Fsp3) is 0. The van der Waals surface area contributed by atoms with Gasteiger partial charge in [-0.3, -0.25) is 9.59 Å². The van der Waals surface area contributed by atoms with Gasteiger partial charge in [0.25, 0.3) is 0 Å². The van der Waals surface area contributed by atoms with Crippen molar-refractivity contribution in [1.82, 2.24) is 0 Å². The number of benzene rings is 2. The Bertz CT molecular complexity index is 836. The molecule has 0 aliphatic heterocycles. The quantitative estimate of drug-likeness (QED) is 0.448. The van der Waals surface area contributed by atoms with Gasteiger partial charge in [-0.05, 0) is 29.3 Å². The summed E-state index contributed by atoms with van der Waals surface area (Å²) in [6.45, 7) is 0. The average Bonchev–Trinajstić information content (AvgIpc) is 2.79. The molecule has 2 aromatic rings. The van der Waals surface area contributed by atoms with E-state index in [1.54, 1.807) is 54.6 Å². The monoisotopic (exact) mass is 332 g/mol. The minimum Gasteiger partial charge on any atom is -0.871 e. The molecule has 0 radical (unpaired) electrons. The SMILES string of the molecule is O=C(C=Cc1ccc(Cl)cc1)C1=C([O-])c2ccccc2C1=O.[Na+]. The maximum Gasteiger partial charge on any atom is 1.00 e. The fourth-order valence-corrected chi connectivity index (χ4v) is 2.43. The molecule has 3 rings (SSSR count). The van der Waals surface area contributed by atoms with E-state index in [1.807, 2.05) is 0 Å². The van der Waals surface area contributed by atoms with E-state index in [2.05, 4.69) is 0 Å². The largest absolute Gasteiger partial charge is 1.00 e. The van der Waals surface area contributed by atoms with E-state index < -0.39 is 17.3 Å². The van der Waals surface area contributed by atoms with Crippen molar-refractivity contribution in [2.75, 3.05) is 0 Å². The molecule has 5 heteroatoms. The third-order valence-corrected chi connectivity index (χ3v) is 3.67. The van der Waals surface area contributed by atoms with E-state index in [4.69, 9.17) is 11.6 Å². The van der Waals surface area contributed by atoms with Crippen LogP contribution in [0, 0.1) is 0 Å². The Morgan fingerprint density at radius 2 is 1.61 bits per heavy atom. The second kappa shape index (κ2) is 7.28. The van der Waals surface area contributed by atoms with Crippen LogP contribution in [0.25, 0.3) is 11.8 Å². The Hall–Kier alpha value is -1.65. The first-order chi connectivity index (χ1) is 10.6. The van der Waals surface area contributed by atoms with E-state index in [0.29, 0.717) is 5.02 Å². The number of Topliss-reactive ketones (excluding diaryl/α,β-unsaturated/α-hetero) is 1. The number of carbonyl (C=O) groups excluding carboxylic acids is 2. The molecule has 0 aromatic heterocycles. The molecular weight excluding hydrogens is 323 g/mol. The molecule has 0 saturated carbocycles. The molecule has 0 fully saturated rings. The Labute approximate surface area is 160 Å². The van der Waals surface area contributed by atoms with Crippen molar-refractivity contribution < 1.29 is 44.3 Å². The van der Waals surface area contributed by atoms with Crippen LogP contribution in [0.1, 0.15) is 21.5 Å². The summed E-state index contributed by atoms with van der Waals surface area (Å²) >= 11 is 5.78. The second-order valence-corrected chi connectivity index (χ2v) is 5.26. The molecule has 0 atom stereocenters. The summed E-state index contributed by atoms with van der Waals surface area (Å²) in [4.78, 5) is 24.4. The molecular formula is C18H10ClNaO3. The standard InChI is InChI=1S/C18H11ClO3.Na/c19-12-8-5-11(6-9-12)7-10-15(20)16-17(21)13-3-1-2-4-14(13)18(16)22;/h1-10,21H;/q;+1/p-1. The fourth-order valence-electron chi connectivity index (χ4n) is 2.30. The van der Waals surface area contributed by atoms with E-state index in [0.717, 1.165) is 5.56 Å². The van der Waals surface area contributed by atoms with Gasteiger partial charge in [-0.2, -0.15) is 0 Å². The summed E-state index contributed by atoms with van der Waals surface area (Å²) < 4.78 is 0. The molecule has 0 unspecified atom stereocenters. The Kier molecular flexibility index (Phi) is 5.60. The summed E-state index contributed by atoms with van der Waals surface area (Å²) in [5.74, 6) is -1.60. The molecule has 0 saturated heterocycles. The molecule has 0 N–H and O–H groups in total. The predicted molar refractivity (Wildman–Crippen MR) is 83.2 cm³/mol. The van der Waals surface area contributed by atoms with Gasteiger partial charge in [0, 0.05) is 10.6 Å². The zero-order valence-electron chi connectivity index (χ0n) is 12.4. The van der Waals surface area contributed by atoms with Gasteiger partial charge >= 0.3 is 29.6 Å². The molecule has 1 aliphatic carbocycles. The molecule has 0 spiro atoms. The molecule has 0 bridgehead atoms. The van der Waals surface area contributed by atoms with Gasteiger partial charge in [0.15, 0.2) is 11.6 Å². The normalized spacial score (nSPS) is 13.2. The first-order valence-corrected chi connectivity index (χ1v) is 6.99. The molecule has 108 valence electrons. The van der Waals surface area contributed by atoms with Crippen LogP contribution in [-0.4, -0.2) is 11.6 Å². The molecule has 3 nitrogen and oxygen atoms in total. The second-order valence-electron chi connectivity index (χ2n) is 4.83. The van der Waals surface area contributed by atoms with Crippen molar-refractivity contribution in [1.29, 1.82) is 0 Å². The molecule has 2 aromatic carbocycles. The summed E-state index contributed by atoms with van der Waals surface area (Å²) in [5, 5.41) is 12.8. The smallest absolute Gasteiger partial charge is 0.871 e. The van der Waals surface area contributed by atoms with Crippen molar-refractivity contribution in [3.8, 4) is 0 Å². The van der Waals surface area contributed by atoms with Crippen molar-refractivity contribution in [2.24, 2.45) is 0 Å². The van der Waals surface area contributed by atoms with Crippen LogP contribution in [0.3, 0.4) is 0 Å². The van der Waals surface area contributed by atoms with Crippen LogP contribution in [-0.2, 0) is 4.79 Å². The first kappa shape index (κ1) is 17.7. The Morgan fingerprint density at radius 3 is 2.22 bits per heavy atom. The van der Waals surface area contributed by atoms with Crippen LogP contribution in [0.4, 0.5) is 0 Å². The van der Waals surface area contributed by atoms with E-state index >= 15 is 0 Å². The Balaban J connectivity index is 0.00000192. The average molecular weight is 333 g/mol. The number of halogens is 1. The summed E-state index contributed by atoms with van der Waals surface area (Å²) in [5.41, 5.74) is 1.03. The van der Waals surface area contributed by atoms with Crippen molar-refractivity contribution >= 4 is 35.0 Å². The third kappa shape index (κ3) is 3.48. The number of rotatable bonds is 3. The summed E-state index contributed by atoms with van der Waals surface area (Å²) in [6.07, 6.45) is 2.79. The number of allylic oxidation sites excluding steroid dienone is 2. The van der Waals surface area contributed by atoms with E-state index in [1.165, 1.54) is 6.08 Å². The van der Waals surface area contributed by atoms with Gasteiger partial charge in [0.1, 0.15) is 0 Å². The van der Waals surface area contributed by atoms with Gasteiger partial charge in [0.05, 0.1) is 5.57 Å². The van der Waals surface area contributed by atoms with Gasteiger partial charge in [-0.1, -0.05) is 59.8 Å². The van der Waals surface area contributed by atoms with E-state index in [9.17, 15) is 14.7 Å². The Morgan fingerprint density at radius 1 is 1.00 bits per heavy atom. The zero-order valence-corrected chi connectivity index (χ0v) is 15.1. The number of hydrogen-bond donors (Lipinski definition) is 0. The molecule has 23 heavy (non-hydrogen) atoms. The van der Waals surface area contributed by atoms with Crippen LogP contribution < -0.4 is 34.7 Å². The summed E-state index contributed by atoms with van der Waals surface area (Å²) in [6, 6.07) is 13.3. The van der Waals surface area contributed by atoms with Crippen LogP contribution >= 0.6 is 11.6 Å². The number of hydrogen-bond acceptors (Lipinski definition) is 3. The maximum atomic E-state index is 12.2. The zero-order chi connectivity index (χ0) is 15.7. The third-order valence-electron chi connectivity index (χ3n) is 3.41. The van der Waals surface area contributed by atoms with Gasteiger partial charge in [-0.15, -0.1) is 0 Å². The number of ketones is 2. The molecule has 1 aliphatic rings. The molecule has 0 heterocycles. The predicted octanol–water partition coefficient (Wildman–Crippen LogP) is -0.106. The first-order valence-electron chi connectivity index (χ1n) is 6.61. The van der Waals surface area contributed by atoms with Gasteiger partial charge in [0.2, 0.25) is 0 Å².